The molecule has 0 radical (unpaired) electrons. The molecule has 3 nitrogen and oxygen atoms in total. The van der Waals surface area contributed by atoms with Gasteiger partial charge in [0.05, 0.1) is 6.10 Å². The van der Waals surface area contributed by atoms with Gasteiger partial charge in [-0.1, -0.05) is 30.3 Å². The second-order valence-corrected chi connectivity index (χ2v) is 4.45. The fraction of sp³-hybridized carbons (Fsp3) is 0.500. The van der Waals surface area contributed by atoms with E-state index in [9.17, 15) is 4.79 Å². The van der Waals surface area contributed by atoms with Crippen LogP contribution in [0, 0.1) is 5.92 Å². The summed E-state index contributed by atoms with van der Waals surface area (Å²) in [4.78, 5) is 11.4. The van der Waals surface area contributed by atoms with Gasteiger partial charge in [0.2, 0.25) is 0 Å². The lowest BCUT2D eigenvalue weighted by Gasteiger charge is -2.23. The van der Waals surface area contributed by atoms with Crippen molar-refractivity contribution >= 4 is 5.78 Å². The van der Waals surface area contributed by atoms with Crippen LogP contribution in [0.25, 0.3) is 0 Å². The molecule has 2 atom stereocenters. The maximum Gasteiger partial charge on any atom is 0.147 e. The molecule has 3 heteroatoms. The molecule has 17 heavy (non-hydrogen) atoms. The number of ether oxygens (including phenoxy) is 2. The van der Waals surface area contributed by atoms with Crippen LogP contribution in [-0.2, 0) is 14.3 Å². The van der Waals surface area contributed by atoms with E-state index < -0.39 is 0 Å². The van der Waals surface area contributed by atoms with E-state index in [1.165, 1.54) is 0 Å². The Kier molecular flexibility index (Phi) is 4.29. The molecule has 0 bridgehead atoms. The third-order valence-corrected chi connectivity index (χ3v) is 3.21. The highest BCUT2D eigenvalue weighted by Gasteiger charge is 2.31. The molecule has 0 aliphatic heterocycles. The van der Waals surface area contributed by atoms with E-state index in [-0.39, 0.29) is 12.9 Å². The van der Waals surface area contributed by atoms with Gasteiger partial charge < -0.3 is 9.47 Å². The molecule has 0 N–H and O–H groups in total. The minimum atomic E-state index is -0.0254. The van der Waals surface area contributed by atoms with Crippen LogP contribution in [0.1, 0.15) is 30.9 Å². The lowest BCUT2D eigenvalue weighted by molar-refractivity contribution is -0.119. The Balaban J connectivity index is 2.10. The van der Waals surface area contributed by atoms with E-state index >= 15 is 0 Å². The van der Waals surface area contributed by atoms with Crippen molar-refractivity contribution in [2.45, 2.75) is 25.4 Å². The zero-order chi connectivity index (χ0) is 12.1. The third kappa shape index (κ3) is 3.14. The third-order valence-electron chi connectivity index (χ3n) is 3.21. The second kappa shape index (κ2) is 5.94. The van der Waals surface area contributed by atoms with Gasteiger partial charge >= 0.3 is 0 Å². The molecular formula is C14H18O3. The molecule has 92 valence electrons. The van der Waals surface area contributed by atoms with Crippen LogP contribution < -0.4 is 0 Å². The van der Waals surface area contributed by atoms with Gasteiger partial charge in [-0.05, 0) is 17.9 Å². The summed E-state index contributed by atoms with van der Waals surface area (Å²) in [5, 5.41) is 0. The normalized spacial score (nSPS) is 21.7. The van der Waals surface area contributed by atoms with Crippen molar-refractivity contribution in [1.82, 2.24) is 0 Å². The quantitative estimate of drug-likeness (QED) is 0.735. The smallest absolute Gasteiger partial charge is 0.147 e. The monoisotopic (exact) mass is 234 g/mol. The summed E-state index contributed by atoms with van der Waals surface area (Å²) in [6.45, 7) is 0.268. The molecule has 2 unspecified atom stereocenters. The fourth-order valence-electron chi connectivity index (χ4n) is 2.39. The lowest BCUT2D eigenvalue weighted by atomic mass is 9.94. The Morgan fingerprint density at radius 2 is 2.12 bits per heavy atom. The van der Waals surface area contributed by atoms with Gasteiger partial charge in [-0.2, -0.15) is 0 Å². The van der Waals surface area contributed by atoms with Crippen LogP contribution in [0.5, 0.6) is 0 Å². The standard InChI is InChI=1S/C14H18O3/c1-16-10-17-14(11-5-3-2-4-6-11)12-7-8-13(15)9-12/h2-6,12,14H,7-10H2,1H3. The van der Waals surface area contributed by atoms with Crippen molar-refractivity contribution in [3.63, 3.8) is 0 Å². The molecule has 0 amide bonds. The van der Waals surface area contributed by atoms with E-state index in [2.05, 4.69) is 0 Å². The topological polar surface area (TPSA) is 35.5 Å². The number of hydrogen-bond donors (Lipinski definition) is 0. The van der Waals surface area contributed by atoms with Crippen molar-refractivity contribution in [2.24, 2.45) is 5.92 Å². The van der Waals surface area contributed by atoms with Gasteiger partial charge in [-0.15, -0.1) is 0 Å². The molecule has 0 aromatic heterocycles. The van der Waals surface area contributed by atoms with Crippen LogP contribution >= 0.6 is 0 Å². The molecule has 0 heterocycles. The Hall–Kier alpha value is -1.19. The van der Waals surface area contributed by atoms with E-state index in [1.807, 2.05) is 30.3 Å². The molecular weight excluding hydrogens is 216 g/mol. The molecule has 0 spiro atoms. The molecule has 0 saturated heterocycles. The maximum absolute atomic E-state index is 11.4. The maximum atomic E-state index is 11.4. The first-order chi connectivity index (χ1) is 8.31. The van der Waals surface area contributed by atoms with Crippen molar-refractivity contribution in [3.8, 4) is 0 Å². The SMILES string of the molecule is COCOC(c1ccccc1)C1CCC(=O)C1. The van der Waals surface area contributed by atoms with Crippen molar-refractivity contribution in [3.05, 3.63) is 35.9 Å². The van der Waals surface area contributed by atoms with Crippen molar-refractivity contribution < 1.29 is 14.3 Å². The number of ketones is 1. The van der Waals surface area contributed by atoms with Crippen LogP contribution in [0.4, 0.5) is 0 Å². The summed E-state index contributed by atoms with van der Waals surface area (Å²) in [6, 6.07) is 10.1. The van der Waals surface area contributed by atoms with E-state index in [4.69, 9.17) is 9.47 Å². The average molecular weight is 234 g/mol. The molecule has 1 saturated carbocycles. The number of Topliss-reactive ketones (excluding diaryl/α,β-unsaturated/α-hetero) is 1. The van der Waals surface area contributed by atoms with E-state index in [0.717, 1.165) is 12.0 Å². The molecule has 2 rings (SSSR count). The van der Waals surface area contributed by atoms with Crippen molar-refractivity contribution in [2.75, 3.05) is 13.9 Å². The molecule has 1 aromatic carbocycles. The Morgan fingerprint density at radius 3 is 2.71 bits per heavy atom. The summed E-state index contributed by atoms with van der Waals surface area (Å²) in [5.41, 5.74) is 1.13. The van der Waals surface area contributed by atoms with Crippen LogP contribution in [-0.4, -0.2) is 19.7 Å². The van der Waals surface area contributed by atoms with Crippen LogP contribution in [0.2, 0.25) is 0 Å². The number of rotatable bonds is 5. The lowest BCUT2D eigenvalue weighted by Crippen LogP contribution is -2.15. The molecule has 1 aromatic rings. The Bertz CT molecular complexity index is 361. The van der Waals surface area contributed by atoms with Crippen LogP contribution in [0.3, 0.4) is 0 Å². The van der Waals surface area contributed by atoms with Crippen LogP contribution in [0.15, 0.2) is 30.3 Å². The Morgan fingerprint density at radius 1 is 1.35 bits per heavy atom. The minimum absolute atomic E-state index is 0.0254. The molecule has 1 aliphatic rings. The largest absolute Gasteiger partial charge is 0.359 e. The number of methoxy groups -OCH3 is 1. The second-order valence-electron chi connectivity index (χ2n) is 4.45. The summed E-state index contributed by atoms with van der Waals surface area (Å²) in [7, 11) is 1.61. The van der Waals surface area contributed by atoms with Gasteiger partial charge in [0.15, 0.2) is 0 Å². The summed E-state index contributed by atoms with van der Waals surface area (Å²) < 4.78 is 10.7. The molecule has 1 fully saturated rings. The number of benzene rings is 1. The highest BCUT2D eigenvalue weighted by molar-refractivity contribution is 5.80. The minimum Gasteiger partial charge on any atom is -0.359 e. The van der Waals surface area contributed by atoms with E-state index in [0.29, 0.717) is 24.5 Å². The van der Waals surface area contributed by atoms with Crippen molar-refractivity contribution in [1.29, 1.82) is 0 Å². The summed E-state index contributed by atoms with van der Waals surface area (Å²) in [5.74, 6) is 0.636. The summed E-state index contributed by atoms with van der Waals surface area (Å²) in [6.07, 6.45) is 2.21. The number of hydrogen-bond acceptors (Lipinski definition) is 3. The zero-order valence-corrected chi connectivity index (χ0v) is 10.1. The first-order valence-corrected chi connectivity index (χ1v) is 5.98. The average Bonchev–Trinajstić information content (AvgIpc) is 2.78. The highest BCUT2D eigenvalue weighted by atomic mass is 16.7. The van der Waals surface area contributed by atoms with Gasteiger partial charge in [-0.25, -0.2) is 0 Å². The predicted molar refractivity (Wildman–Crippen MR) is 64.5 cm³/mol. The predicted octanol–water partition coefficient (Wildman–Crippen LogP) is 2.72. The van der Waals surface area contributed by atoms with E-state index in [1.54, 1.807) is 7.11 Å². The van der Waals surface area contributed by atoms with Gasteiger partial charge in [-0.3, -0.25) is 4.79 Å². The van der Waals surface area contributed by atoms with Gasteiger partial charge in [0.1, 0.15) is 12.6 Å². The number of carbonyl (C=O) groups excluding carboxylic acids is 1. The fourth-order valence-corrected chi connectivity index (χ4v) is 2.39. The highest BCUT2D eigenvalue weighted by Crippen LogP contribution is 2.36. The number of carbonyl (C=O) groups is 1. The Labute approximate surface area is 102 Å². The molecule has 1 aliphatic carbocycles. The van der Waals surface area contributed by atoms with Gasteiger partial charge in [0, 0.05) is 20.0 Å². The first kappa shape index (κ1) is 12.3. The first-order valence-electron chi connectivity index (χ1n) is 5.98. The zero-order valence-electron chi connectivity index (χ0n) is 10.1. The van der Waals surface area contributed by atoms with Gasteiger partial charge in [0.25, 0.3) is 0 Å². The summed E-state index contributed by atoms with van der Waals surface area (Å²) >= 11 is 0.